The van der Waals surface area contributed by atoms with Crippen LogP contribution in [0.1, 0.15) is 6.92 Å². The molecule has 0 bridgehead atoms. The Kier molecular flexibility index (Phi) is 4.80. The summed E-state index contributed by atoms with van der Waals surface area (Å²) in [6, 6.07) is 0.655. The number of nitrogens with zero attached hydrogens (tertiary/aromatic N) is 3. The zero-order valence-electron chi connectivity index (χ0n) is 13.2. The Labute approximate surface area is 144 Å². The van der Waals surface area contributed by atoms with Gasteiger partial charge in [-0.3, -0.25) is 4.79 Å². The first kappa shape index (κ1) is 17.5. The van der Waals surface area contributed by atoms with Gasteiger partial charge in [-0.15, -0.1) is 0 Å². The van der Waals surface area contributed by atoms with Gasteiger partial charge in [-0.1, -0.05) is 11.3 Å². The first-order valence-electron chi connectivity index (χ1n) is 7.57. The molecule has 1 aromatic heterocycles. The smallest absolute Gasteiger partial charge is 0.409 e. The summed E-state index contributed by atoms with van der Waals surface area (Å²) < 4.78 is 45.4. The number of hydrogen-bond acceptors (Lipinski definition) is 6. The van der Waals surface area contributed by atoms with Crippen LogP contribution < -0.4 is 10.5 Å². The highest BCUT2D eigenvalue weighted by Gasteiger charge is 2.25. The second kappa shape index (κ2) is 6.87. The summed E-state index contributed by atoms with van der Waals surface area (Å²) >= 11 is 0.775. The summed E-state index contributed by atoms with van der Waals surface area (Å²) in [5.74, 6) is -4.44. The fraction of sp³-hybridized carbons (Fsp3) is 0.400. The van der Waals surface area contributed by atoms with Crippen LogP contribution in [0, 0.1) is 17.5 Å². The topological polar surface area (TPSA) is 62.7 Å². The minimum absolute atomic E-state index is 0.200. The maximum Gasteiger partial charge on any atom is 0.409 e. The molecule has 0 atom stereocenters. The summed E-state index contributed by atoms with van der Waals surface area (Å²) in [4.78, 5) is 30.8. The quantitative estimate of drug-likeness (QED) is 0.757. The van der Waals surface area contributed by atoms with Crippen molar-refractivity contribution >= 4 is 32.6 Å². The van der Waals surface area contributed by atoms with E-state index in [2.05, 4.69) is 4.98 Å². The van der Waals surface area contributed by atoms with Gasteiger partial charge in [0.2, 0.25) is 0 Å². The lowest BCUT2D eigenvalue weighted by molar-refractivity contribution is 0.105. The molecule has 1 amide bonds. The van der Waals surface area contributed by atoms with Crippen molar-refractivity contribution in [1.29, 1.82) is 0 Å². The molecule has 0 unspecified atom stereocenters. The van der Waals surface area contributed by atoms with Crippen LogP contribution >= 0.6 is 11.3 Å². The lowest BCUT2D eigenvalue weighted by atomic mass is 10.2. The molecule has 1 aliphatic rings. The number of benzene rings is 1. The van der Waals surface area contributed by atoms with Gasteiger partial charge in [0.1, 0.15) is 0 Å². The molecule has 10 heteroatoms. The normalized spacial score (nSPS) is 14.9. The number of carbonyl (C=O) groups is 1. The molecule has 3 rings (SSSR count). The molecular formula is C15H14F3N3O3S. The second-order valence-electron chi connectivity index (χ2n) is 5.34. The molecule has 1 fully saturated rings. The molecule has 1 saturated heterocycles. The van der Waals surface area contributed by atoms with Crippen LogP contribution in [-0.2, 0) is 4.74 Å². The lowest BCUT2D eigenvalue weighted by Crippen LogP contribution is -2.49. The number of piperazine rings is 1. The molecule has 0 spiro atoms. The van der Waals surface area contributed by atoms with Gasteiger partial charge in [0, 0.05) is 26.2 Å². The predicted molar refractivity (Wildman–Crippen MR) is 86.6 cm³/mol. The van der Waals surface area contributed by atoms with Crippen LogP contribution in [0.15, 0.2) is 10.9 Å². The molecule has 1 aliphatic heterocycles. The molecule has 134 valence electrons. The van der Waals surface area contributed by atoms with E-state index < -0.39 is 29.1 Å². The lowest BCUT2D eigenvalue weighted by Gasteiger charge is -2.34. The minimum atomic E-state index is -1.62. The number of ether oxygens (including phenoxy) is 1. The van der Waals surface area contributed by atoms with Gasteiger partial charge in [0.15, 0.2) is 22.6 Å². The molecule has 2 heterocycles. The highest BCUT2D eigenvalue weighted by molar-refractivity contribution is 7.21. The molecular weight excluding hydrogens is 359 g/mol. The van der Waals surface area contributed by atoms with Gasteiger partial charge in [-0.25, -0.2) is 18.0 Å². The van der Waals surface area contributed by atoms with E-state index in [0.29, 0.717) is 32.2 Å². The average Bonchev–Trinajstić information content (AvgIpc) is 2.61. The maximum absolute atomic E-state index is 14.0. The van der Waals surface area contributed by atoms with Crippen LogP contribution in [-0.4, -0.2) is 48.8 Å². The number of rotatable bonds is 2. The van der Waals surface area contributed by atoms with Crippen LogP contribution in [0.4, 0.5) is 23.1 Å². The third-order valence-electron chi connectivity index (χ3n) is 3.81. The molecule has 1 aromatic carbocycles. The van der Waals surface area contributed by atoms with E-state index in [0.717, 1.165) is 11.3 Å². The summed E-state index contributed by atoms with van der Waals surface area (Å²) in [7, 11) is 0. The molecule has 2 aromatic rings. The fourth-order valence-corrected chi connectivity index (χ4v) is 3.59. The van der Waals surface area contributed by atoms with E-state index >= 15 is 0 Å². The predicted octanol–water partition coefficient (Wildman–Crippen LogP) is 2.35. The standard InChI is InChI=1S/C15H14F3N3O3S/c1-2-24-15(23)21-5-3-20(4-6-21)14-19-13(22)8-7-9(16)10(17)11(18)12(8)25-14/h7H,2-6H2,1H3. The first-order chi connectivity index (χ1) is 11.9. The number of anilines is 1. The SMILES string of the molecule is CCOC(=O)N1CCN(c2nc(=O)c3cc(F)c(F)c(F)c3s2)CC1. The number of halogens is 3. The van der Waals surface area contributed by atoms with Gasteiger partial charge >= 0.3 is 6.09 Å². The largest absolute Gasteiger partial charge is 0.450 e. The average molecular weight is 373 g/mol. The van der Waals surface area contributed by atoms with Crippen molar-refractivity contribution in [2.24, 2.45) is 0 Å². The van der Waals surface area contributed by atoms with Crippen LogP contribution in [0.2, 0.25) is 0 Å². The van der Waals surface area contributed by atoms with Crippen molar-refractivity contribution in [2.75, 3.05) is 37.7 Å². The Hall–Kier alpha value is -2.36. The molecule has 0 aliphatic carbocycles. The van der Waals surface area contributed by atoms with E-state index in [1.807, 2.05) is 0 Å². The van der Waals surface area contributed by atoms with Crippen molar-refractivity contribution in [3.05, 3.63) is 33.9 Å². The second-order valence-corrected chi connectivity index (χ2v) is 6.32. The Balaban J connectivity index is 1.88. The van der Waals surface area contributed by atoms with Gasteiger partial charge < -0.3 is 14.5 Å². The van der Waals surface area contributed by atoms with E-state index in [1.165, 1.54) is 4.90 Å². The van der Waals surface area contributed by atoms with Gasteiger partial charge in [0.05, 0.1) is 16.7 Å². The Bertz CT molecular complexity index is 882. The fourth-order valence-electron chi connectivity index (χ4n) is 2.53. The highest BCUT2D eigenvalue weighted by atomic mass is 32.1. The van der Waals surface area contributed by atoms with E-state index in [4.69, 9.17) is 4.74 Å². The van der Waals surface area contributed by atoms with E-state index in [-0.39, 0.29) is 21.8 Å². The summed E-state index contributed by atoms with van der Waals surface area (Å²) in [5, 5.41) is -0.0961. The Morgan fingerprint density at radius 2 is 1.92 bits per heavy atom. The third kappa shape index (κ3) is 3.26. The number of amides is 1. The van der Waals surface area contributed by atoms with Crippen molar-refractivity contribution in [3.8, 4) is 0 Å². The van der Waals surface area contributed by atoms with Crippen molar-refractivity contribution in [1.82, 2.24) is 9.88 Å². The summed E-state index contributed by atoms with van der Waals surface area (Å²) in [5.41, 5.74) is -0.825. The Morgan fingerprint density at radius 3 is 2.56 bits per heavy atom. The summed E-state index contributed by atoms with van der Waals surface area (Å²) in [6.07, 6.45) is -0.426. The number of hydrogen-bond donors (Lipinski definition) is 0. The molecule has 0 radical (unpaired) electrons. The zero-order valence-corrected chi connectivity index (χ0v) is 14.0. The van der Waals surface area contributed by atoms with Gasteiger partial charge in [0.25, 0.3) is 5.56 Å². The summed E-state index contributed by atoms with van der Waals surface area (Å²) in [6.45, 7) is 3.39. The van der Waals surface area contributed by atoms with Crippen molar-refractivity contribution in [2.45, 2.75) is 6.92 Å². The zero-order chi connectivity index (χ0) is 18.1. The molecule has 0 N–H and O–H groups in total. The van der Waals surface area contributed by atoms with E-state index in [9.17, 15) is 22.8 Å². The number of aromatic nitrogens is 1. The Morgan fingerprint density at radius 1 is 1.24 bits per heavy atom. The van der Waals surface area contributed by atoms with Crippen LogP contribution in [0.3, 0.4) is 0 Å². The molecule has 25 heavy (non-hydrogen) atoms. The first-order valence-corrected chi connectivity index (χ1v) is 8.39. The van der Waals surface area contributed by atoms with Gasteiger partial charge in [-0.05, 0) is 13.0 Å². The third-order valence-corrected chi connectivity index (χ3v) is 4.95. The number of carbonyl (C=O) groups excluding carboxylic acids is 1. The van der Waals surface area contributed by atoms with Crippen molar-refractivity contribution in [3.63, 3.8) is 0 Å². The van der Waals surface area contributed by atoms with Crippen molar-refractivity contribution < 1.29 is 22.7 Å². The van der Waals surface area contributed by atoms with Crippen LogP contribution in [0.5, 0.6) is 0 Å². The highest BCUT2D eigenvalue weighted by Crippen LogP contribution is 2.29. The number of fused-ring (bicyclic) bond motifs is 1. The minimum Gasteiger partial charge on any atom is -0.450 e. The van der Waals surface area contributed by atoms with E-state index in [1.54, 1.807) is 11.8 Å². The maximum atomic E-state index is 14.0. The molecule has 6 nitrogen and oxygen atoms in total. The monoisotopic (exact) mass is 373 g/mol. The molecule has 0 saturated carbocycles. The van der Waals surface area contributed by atoms with Crippen LogP contribution in [0.25, 0.3) is 10.1 Å². The van der Waals surface area contributed by atoms with Gasteiger partial charge in [-0.2, -0.15) is 4.98 Å².